The summed E-state index contributed by atoms with van der Waals surface area (Å²) in [6.07, 6.45) is 0.874. The molecule has 0 heterocycles. The van der Waals surface area contributed by atoms with Crippen LogP contribution in [-0.4, -0.2) is 25.5 Å². The van der Waals surface area contributed by atoms with Crippen LogP contribution < -0.4 is 5.32 Å². The number of hydrogen-bond acceptors (Lipinski definition) is 3. The van der Waals surface area contributed by atoms with E-state index in [1.165, 1.54) is 7.05 Å². The summed E-state index contributed by atoms with van der Waals surface area (Å²) in [5.41, 5.74) is 1.05. The lowest BCUT2D eigenvalue weighted by Gasteiger charge is -2.04. The highest BCUT2D eigenvalue weighted by Crippen LogP contribution is 2.13. The van der Waals surface area contributed by atoms with E-state index in [0.29, 0.717) is 6.42 Å². The van der Waals surface area contributed by atoms with Crippen molar-refractivity contribution >= 4 is 27.8 Å². The van der Waals surface area contributed by atoms with Crippen molar-refractivity contribution in [3.8, 4) is 0 Å². The van der Waals surface area contributed by atoms with Crippen LogP contribution in [0, 0.1) is 0 Å². The molecule has 0 saturated heterocycles. The van der Waals surface area contributed by atoms with Crippen molar-refractivity contribution in [2.75, 3.05) is 13.7 Å². The fourth-order valence-corrected chi connectivity index (χ4v) is 1.68. The number of nitrogens with one attached hydrogen (secondary N) is 1. The van der Waals surface area contributed by atoms with Crippen LogP contribution in [0.1, 0.15) is 12.0 Å². The maximum absolute atomic E-state index is 11.3. The third-order valence-corrected chi connectivity index (χ3v) is 2.64. The molecule has 1 aromatic rings. The molecule has 0 fully saturated rings. The average molecular weight is 300 g/mol. The maximum atomic E-state index is 11.3. The summed E-state index contributed by atoms with van der Waals surface area (Å²) in [5.74, 6) is -0.672. The molecule has 1 amide bonds. The number of likely N-dealkylation sites (N-methyl/N-ethyl adjacent to an activating group) is 1. The number of carbonyl (C=O) groups excluding carboxylic acids is 2. The van der Waals surface area contributed by atoms with Crippen LogP contribution >= 0.6 is 15.9 Å². The monoisotopic (exact) mass is 299 g/mol. The van der Waals surface area contributed by atoms with Gasteiger partial charge in [0.25, 0.3) is 5.91 Å². The first-order valence-electron chi connectivity index (χ1n) is 5.22. The van der Waals surface area contributed by atoms with Crippen LogP contribution in [0.25, 0.3) is 0 Å². The van der Waals surface area contributed by atoms with Gasteiger partial charge < -0.3 is 10.1 Å². The Morgan fingerprint density at radius 2 is 2.18 bits per heavy atom. The third-order valence-electron chi connectivity index (χ3n) is 2.15. The van der Waals surface area contributed by atoms with Crippen LogP contribution in [0.2, 0.25) is 0 Å². The van der Waals surface area contributed by atoms with E-state index in [9.17, 15) is 9.59 Å². The highest BCUT2D eigenvalue weighted by molar-refractivity contribution is 9.10. The van der Waals surface area contributed by atoms with Gasteiger partial charge in [0.15, 0.2) is 6.61 Å². The number of esters is 1. The van der Waals surface area contributed by atoms with Gasteiger partial charge in [-0.25, -0.2) is 0 Å². The van der Waals surface area contributed by atoms with Crippen molar-refractivity contribution in [1.29, 1.82) is 0 Å². The highest BCUT2D eigenvalue weighted by atomic mass is 79.9. The molecule has 0 aromatic heterocycles. The van der Waals surface area contributed by atoms with Gasteiger partial charge in [0.05, 0.1) is 0 Å². The van der Waals surface area contributed by atoms with E-state index in [0.717, 1.165) is 10.0 Å². The van der Waals surface area contributed by atoms with E-state index >= 15 is 0 Å². The van der Waals surface area contributed by atoms with Gasteiger partial charge in [0, 0.05) is 17.9 Å². The first kappa shape index (κ1) is 13.7. The summed E-state index contributed by atoms with van der Waals surface area (Å²) in [4.78, 5) is 22.1. The number of benzene rings is 1. The van der Waals surface area contributed by atoms with Gasteiger partial charge in [-0.15, -0.1) is 0 Å². The summed E-state index contributed by atoms with van der Waals surface area (Å²) >= 11 is 3.36. The van der Waals surface area contributed by atoms with Crippen molar-refractivity contribution < 1.29 is 14.3 Å². The summed E-state index contributed by atoms with van der Waals surface area (Å²) < 4.78 is 5.76. The van der Waals surface area contributed by atoms with Gasteiger partial charge in [-0.2, -0.15) is 0 Å². The smallest absolute Gasteiger partial charge is 0.306 e. The first-order chi connectivity index (χ1) is 8.11. The molecule has 17 heavy (non-hydrogen) atoms. The normalized spacial score (nSPS) is 9.76. The van der Waals surface area contributed by atoms with Crippen LogP contribution in [0.3, 0.4) is 0 Å². The lowest BCUT2D eigenvalue weighted by molar-refractivity contribution is -0.148. The van der Waals surface area contributed by atoms with Crippen LogP contribution in [0.4, 0.5) is 0 Å². The average Bonchev–Trinajstić information content (AvgIpc) is 2.33. The number of halogens is 1. The Balaban J connectivity index is 2.31. The fourth-order valence-electron chi connectivity index (χ4n) is 1.23. The van der Waals surface area contributed by atoms with Crippen LogP contribution in [0.5, 0.6) is 0 Å². The van der Waals surface area contributed by atoms with Crippen LogP contribution in [0.15, 0.2) is 28.7 Å². The van der Waals surface area contributed by atoms with Gasteiger partial charge in [0.1, 0.15) is 0 Å². The minimum Gasteiger partial charge on any atom is -0.456 e. The van der Waals surface area contributed by atoms with Gasteiger partial charge in [-0.05, 0) is 24.1 Å². The van der Waals surface area contributed by atoms with Gasteiger partial charge in [-0.3, -0.25) is 9.59 Å². The second-order valence-electron chi connectivity index (χ2n) is 3.46. The molecule has 0 aliphatic rings. The Labute approximate surface area is 108 Å². The quantitative estimate of drug-likeness (QED) is 0.842. The first-order valence-corrected chi connectivity index (χ1v) is 6.02. The Bertz CT molecular complexity index is 406. The number of ether oxygens (including phenoxy) is 1. The Hall–Kier alpha value is -1.36. The highest BCUT2D eigenvalue weighted by Gasteiger charge is 2.06. The molecule has 92 valence electrons. The predicted octanol–water partition coefficient (Wildman–Crippen LogP) is 1.67. The number of rotatable bonds is 5. The summed E-state index contributed by atoms with van der Waals surface area (Å²) in [6, 6.07) is 7.73. The van der Waals surface area contributed by atoms with E-state index < -0.39 is 0 Å². The molecule has 0 spiro atoms. The van der Waals surface area contributed by atoms with E-state index in [-0.39, 0.29) is 24.9 Å². The minimum absolute atomic E-state index is 0.214. The SMILES string of the molecule is CNC(=O)COC(=O)CCc1cccc(Br)c1. The lowest BCUT2D eigenvalue weighted by atomic mass is 10.1. The Morgan fingerprint density at radius 1 is 1.41 bits per heavy atom. The Kier molecular flexibility index (Phi) is 5.69. The number of carbonyl (C=O) groups is 2. The number of hydrogen-bond donors (Lipinski definition) is 1. The molecular weight excluding hydrogens is 286 g/mol. The lowest BCUT2D eigenvalue weighted by Crippen LogP contribution is -2.25. The Morgan fingerprint density at radius 3 is 2.82 bits per heavy atom. The standard InChI is InChI=1S/C12H14BrNO3/c1-14-11(15)8-17-12(16)6-5-9-3-2-4-10(13)7-9/h2-4,7H,5-6,8H2,1H3,(H,14,15). The largest absolute Gasteiger partial charge is 0.456 e. The fraction of sp³-hybridized carbons (Fsp3) is 0.333. The van der Waals surface area contributed by atoms with Gasteiger partial charge in [0.2, 0.25) is 0 Å². The summed E-state index contributed by atoms with van der Waals surface area (Å²) in [7, 11) is 1.50. The summed E-state index contributed by atoms with van der Waals surface area (Å²) in [6.45, 7) is -0.214. The second-order valence-corrected chi connectivity index (χ2v) is 4.38. The molecule has 4 nitrogen and oxygen atoms in total. The van der Waals surface area contributed by atoms with Crippen molar-refractivity contribution in [1.82, 2.24) is 5.32 Å². The van der Waals surface area contributed by atoms with E-state index in [1.807, 2.05) is 24.3 Å². The molecule has 0 radical (unpaired) electrons. The van der Waals surface area contributed by atoms with Crippen LogP contribution in [-0.2, 0) is 20.7 Å². The zero-order valence-corrected chi connectivity index (χ0v) is 11.1. The molecule has 1 N–H and O–H groups in total. The van der Waals surface area contributed by atoms with E-state index in [1.54, 1.807) is 0 Å². The van der Waals surface area contributed by atoms with Crippen molar-refractivity contribution in [2.45, 2.75) is 12.8 Å². The molecule has 0 aliphatic heterocycles. The molecule has 0 atom stereocenters. The van der Waals surface area contributed by atoms with Crippen molar-refractivity contribution in [3.63, 3.8) is 0 Å². The van der Waals surface area contributed by atoms with Gasteiger partial charge >= 0.3 is 5.97 Å². The maximum Gasteiger partial charge on any atom is 0.306 e. The number of aryl methyl sites for hydroxylation is 1. The van der Waals surface area contributed by atoms with E-state index in [2.05, 4.69) is 21.2 Å². The molecule has 0 bridgehead atoms. The zero-order chi connectivity index (χ0) is 12.7. The molecule has 1 aromatic carbocycles. The molecule has 0 saturated carbocycles. The molecule has 1 rings (SSSR count). The minimum atomic E-state index is -0.367. The topological polar surface area (TPSA) is 55.4 Å². The number of amides is 1. The molecule has 0 aliphatic carbocycles. The summed E-state index contributed by atoms with van der Waals surface area (Å²) in [5, 5.41) is 2.38. The molecular formula is C12H14BrNO3. The third kappa shape index (κ3) is 5.49. The van der Waals surface area contributed by atoms with Crippen molar-refractivity contribution in [2.24, 2.45) is 0 Å². The zero-order valence-electron chi connectivity index (χ0n) is 9.53. The van der Waals surface area contributed by atoms with Crippen molar-refractivity contribution in [3.05, 3.63) is 34.3 Å². The predicted molar refractivity (Wildman–Crippen MR) is 67.5 cm³/mol. The van der Waals surface area contributed by atoms with Gasteiger partial charge in [-0.1, -0.05) is 28.1 Å². The van der Waals surface area contributed by atoms with E-state index in [4.69, 9.17) is 4.74 Å². The molecule has 0 unspecified atom stereocenters. The molecule has 5 heteroatoms. The second kappa shape index (κ2) is 7.06.